The normalized spacial score (nSPS) is 19.7. The second-order valence-electron chi connectivity index (χ2n) is 5.79. The Morgan fingerprint density at radius 3 is 2.72 bits per heavy atom. The molecule has 1 aromatic rings. The maximum atomic E-state index is 12.3. The van der Waals surface area contributed by atoms with Gasteiger partial charge in [-0.3, -0.25) is 24.6 Å². The molecule has 3 rings (SSSR count). The van der Waals surface area contributed by atoms with Crippen LogP contribution in [0.4, 0.5) is 9.59 Å². The third-order valence-electron chi connectivity index (χ3n) is 3.94. The van der Waals surface area contributed by atoms with E-state index in [-0.39, 0.29) is 10.9 Å². The second kappa shape index (κ2) is 7.83. The van der Waals surface area contributed by atoms with Gasteiger partial charge in [0, 0.05) is 10.9 Å². The van der Waals surface area contributed by atoms with Gasteiger partial charge in [-0.15, -0.1) is 11.3 Å². The maximum absolute atomic E-state index is 12.3. The van der Waals surface area contributed by atoms with Crippen LogP contribution in [0, 0.1) is 0 Å². The molecule has 1 aliphatic carbocycles. The highest BCUT2D eigenvalue weighted by Crippen LogP contribution is 2.32. The number of thioether (sulfide) groups is 1. The minimum Gasteiger partial charge on any atom is -0.335 e. The average Bonchev–Trinajstić information content (AvgIpc) is 3.28. The van der Waals surface area contributed by atoms with Crippen molar-refractivity contribution in [1.82, 2.24) is 15.5 Å². The van der Waals surface area contributed by atoms with Crippen LogP contribution in [0.25, 0.3) is 6.08 Å². The number of rotatable bonds is 4. The van der Waals surface area contributed by atoms with E-state index in [0.717, 1.165) is 47.2 Å². The highest BCUT2D eigenvalue weighted by molar-refractivity contribution is 8.18. The van der Waals surface area contributed by atoms with E-state index in [0.29, 0.717) is 0 Å². The van der Waals surface area contributed by atoms with Gasteiger partial charge in [0.2, 0.25) is 5.91 Å². The summed E-state index contributed by atoms with van der Waals surface area (Å²) in [5, 5.41) is 6.25. The first-order valence-corrected chi connectivity index (χ1v) is 9.62. The molecule has 1 aliphatic heterocycles. The lowest BCUT2D eigenvalue weighted by Crippen LogP contribution is -2.47. The molecule has 1 aromatic heterocycles. The van der Waals surface area contributed by atoms with Crippen LogP contribution in [-0.4, -0.2) is 40.6 Å². The van der Waals surface area contributed by atoms with Gasteiger partial charge in [-0.25, -0.2) is 4.79 Å². The summed E-state index contributed by atoms with van der Waals surface area (Å²) >= 11 is 2.24. The molecule has 7 nitrogen and oxygen atoms in total. The molecule has 2 heterocycles. The van der Waals surface area contributed by atoms with Crippen LogP contribution < -0.4 is 10.6 Å². The zero-order valence-electron chi connectivity index (χ0n) is 13.3. The molecule has 0 atom stereocenters. The third-order valence-corrected chi connectivity index (χ3v) is 5.66. The van der Waals surface area contributed by atoms with Gasteiger partial charge in [-0.2, -0.15) is 0 Å². The first kappa shape index (κ1) is 17.7. The second-order valence-corrected chi connectivity index (χ2v) is 7.76. The summed E-state index contributed by atoms with van der Waals surface area (Å²) in [6.07, 6.45) is 5.55. The number of nitrogens with one attached hydrogen (secondary N) is 2. The summed E-state index contributed by atoms with van der Waals surface area (Å²) in [5.41, 5.74) is 0. The van der Waals surface area contributed by atoms with Crippen molar-refractivity contribution in [2.75, 3.05) is 6.54 Å². The summed E-state index contributed by atoms with van der Waals surface area (Å²) in [5.74, 6) is -1.20. The smallest absolute Gasteiger partial charge is 0.321 e. The van der Waals surface area contributed by atoms with Crippen LogP contribution >= 0.6 is 23.1 Å². The molecule has 2 fully saturated rings. The van der Waals surface area contributed by atoms with Crippen LogP contribution in [0.1, 0.15) is 30.6 Å². The van der Waals surface area contributed by atoms with Crippen molar-refractivity contribution in [2.45, 2.75) is 31.7 Å². The lowest BCUT2D eigenvalue weighted by atomic mass is 10.2. The van der Waals surface area contributed by atoms with Crippen molar-refractivity contribution in [2.24, 2.45) is 0 Å². The van der Waals surface area contributed by atoms with E-state index < -0.39 is 29.6 Å². The van der Waals surface area contributed by atoms with Gasteiger partial charge in [0.05, 0.1) is 4.91 Å². The maximum Gasteiger partial charge on any atom is 0.321 e. The largest absolute Gasteiger partial charge is 0.335 e. The topological polar surface area (TPSA) is 95.6 Å². The number of nitrogens with zero attached hydrogens (tertiary/aromatic N) is 1. The molecular formula is C16H17N3O4S2. The lowest BCUT2D eigenvalue weighted by Gasteiger charge is -2.14. The van der Waals surface area contributed by atoms with Gasteiger partial charge in [-0.1, -0.05) is 18.9 Å². The minimum atomic E-state index is -0.685. The Balaban J connectivity index is 1.54. The monoisotopic (exact) mass is 379 g/mol. The number of urea groups is 1. The van der Waals surface area contributed by atoms with Crippen molar-refractivity contribution in [1.29, 1.82) is 0 Å². The zero-order valence-corrected chi connectivity index (χ0v) is 15.0. The van der Waals surface area contributed by atoms with Crippen molar-refractivity contribution < 1.29 is 19.2 Å². The van der Waals surface area contributed by atoms with Crippen LogP contribution in [0.5, 0.6) is 0 Å². The molecule has 1 saturated carbocycles. The average molecular weight is 379 g/mol. The molecule has 0 unspecified atom stereocenters. The highest BCUT2D eigenvalue weighted by Gasteiger charge is 2.36. The van der Waals surface area contributed by atoms with Gasteiger partial charge in [0.15, 0.2) is 0 Å². The molecule has 9 heteroatoms. The molecule has 132 valence electrons. The van der Waals surface area contributed by atoms with Crippen molar-refractivity contribution in [3.63, 3.8) is 0 Å². The predicted molar refractivity (Wildman–Crippen MR) is 95.9 cm³/mol. The fourth-order valence-corrected chi connectivity index (χ4v) is 4.30. The van der Waals surface area contributed by atoms with E-state index in [9.17, 15) is 19.2 Å². The van der Waals surface area contributed by atoms with Gasteiger partial charge < -0.3 is 5.32 Å². The van der Waals surface area contributed by atoms with Crippen LogP contribution in [-0.2, 0) is 9.59 Å². The standard InChI is InChI=1S/C16H17N3O4S2/c20-13(18-15(22)17-10-4-1-2-5-10)9-19-14(21)12(25-16(19)23)8-11-6-3-7-24-11/h3,6-8,10H,1-2,4-5,9H2,(H2,17,18,20,22)/b12-8-. The van der Waals surface area contributed by atoms with E-state index in [2.05, 4.69) is 10.6 Å². The first-order chi connectivity index (χ1) is 12.0. The van der Waals surface area contributed by atoms with E-state index in [1.807, 2.05) is 17.5 Å². The number of carbonyl (C=O) groups is 4. The Morgan fingerprint density at radius 1 is 1.28 bits per heavy atom. The van der Waals surface area contributed by atoms with Gasteiger partial charge in [-0.05, 0) is 42.1 Å². The fraction of sp³-hybridized carbons (Fsp3) is 0.375. The molecule has 2 aliphatic rings. The van der Waals surface area contributed by atoms with Crippen LogP contribution in [0.2, 0.25) is 0 Å². The molecule has 25 heavy (non-hydrogen) atoms. The summed E-state index contributed by atoms with van der Waals surface area (Å²) in [6.45, 7) is -0.468. The van der Waals surface area contributed by atoms with Crippen molar-refractivity contribution >= 4 is 52.3 Å². The van der Waals surface area contributed by atoms with Gasteiger partial charge >= 0.3 is 6.03 Å². The van der Waals surface area contributed by atoms with Crippen molar-refractivity contribution in [3.05, 3.63) is 27.3 Å². The van der Waals surface area contributed by atoms with E-state index in [1.54, 1.807) is 6.08 Å². The summed E-state index contributed by atoms with van der Waals surface area (Å²) in [4.78, 5) is 50.0. The lowest BCUT2D eigenvalue weighted by molar-refractivity contribution is -0.128. The highest BCUT2D eigenvalue weighted by atomic mass is 32.2. The van der Waals surface area contributed by atoms with Crippen LogP contribution in [0.15, 0.2) is 22.4 Å². The van der Waals surface area contributed by atoms with Crippen LogP contribution in [0.3, 0.4) is 0 Å². The molecule has 5 amide bonds. The fourth-order valence-electron chi connectivity index (χ4n) is 2.74. The van der Waals surface area contributed by atoms with Gasteiger partial charge in [0.1, 0.15) is 6.54 Å². The Hall–Kier alpha value is -2.13. The third kappa shape index (κ3) is 4.49. The molecule has 0 spiro atoms. The Bertz CT molecular complexity index is 724. The van der Waals surface area contributed by atoms with Crippen molar-refractivity contribution in [3.8, 4) is 0 Å². The Kier molecular flexibility index (Phi) is 5.54. The number of imide groups is 2. The summed E-state index contributed by atoms with van der Waals surface area (Å²) in [7, 11) is 0. The summed E-state index contributed by atoms with van der Waals surface area (Å²) < 4.78 is 0. The Labute approximate surface area is 152 Å². The number of hydrogen-bond donors (Lipinski definition) is 2. The van der Waals surface area contributed by atoms with E-state index in [4.69, 9.17) is 0 Å². The summed E-state index contributed by atoms with van der Waals surface area (Å²) in [6, 6.07) is 3.17. The molecule has 1 saturated heterocycles. The Morgan fingerprint density at radius 2 is 2.04 bits per heavy atom. The molecule has 2 N–H and O–H groups in total. The predicted octanol–water partition coefficient (Wildman–Crippen LogP) is 2.55. The van der Waals surface area contributed by atoms with E-state index >= 15 is 0 Å². The number of amides is 5. The number of hydrogen-bond acceptors (Lipinski definition) is 6. The number of thiophene rings is 1. The van der Waals surface area contributed by atoms with Gasteiger partial charge in [0.25, 0.3) is 11.1 Å². The molecule has 0 radical (unpaired) electrons. The molecule has 0 bridgehead atoms. The molecule has 0 aromatic carbocycles. The first-order valence-electron chi connectivity index (χ1n) is 7.92. The minimum absolute atomic E-state index is 0.0822. The molecular weight excluding hydrogens is 362 g/mol. The number of carbonyl (C=O) groups excluding carboxylic acids is 4. The quantitative estimate of drug-likeness (QED) is 0.784. The van der Waals surface area contributed by atoms with E-state index in [1.165, 1.54) is 11.3 Å². The SMILES string of the molecule is O=C(CN1C(=O)S/C(=C\c2cccs2)C1=O)NC(=O)NC1CCCC1. The zero-order chi connectivity index (χ0) is 17.8.